The lowest BCUT2D eigenvalue weighted by atomic mass is 10.1. The number of amides is 1. The van der Waals surface area contributed by atoms with E-state index in [0.29, 0.717) is 33.7 Å². The average molecular weight is 533 g/mol. The second kappa shape index (κ2) is 10.3. The molecule has 4 aromatic rings. The zero-order valence-corrected chi connectivity index (χ0v) is 22.0. The Morgan fingerprint density at radius 2 is 1.71 bits per heavy atom. The molecule has 2 aromatic heterocycles. The summed E-state index contributed by atoms with van der Waals surface area (Å²) in [5.74, 6) is 0.350. The van der Waals surface area contributed by atoms with Gasteiger partial charge in [-0.05, 0) is 74.7 Å². The molecule has 35 heavy (non-hydrogen) atoms. The predicted molar refractivity (Wildman–Crippen MR) is 139 cm³/mol. The second-order valence-electron chi connectivity index (χ2n) is 8.28. The number of nitrogens with zero attached hydrogens (tertiary/aromatic N) is 4. The van der Waals surface area contributed by atoms with Crippen molar-refractivity contribution in [2.75, 3.05) is 5.32 Å². The molecule has 0 spiro atoms. The molecule has 0 aliphatic carbocycles. The van der Waals surface area contributed by atoms with Gasteiger partial charge < -0.3 is 10.1 Å². The monoisotopic (exact) mass is 531 g/mol. The molecule has 0 bridgehead atoms. The molecule has 0 radical (unpaired) electrons. The molecule has 0 aliphatic rings. The van der Waals surface area contributed by atoms with Gasteiger partial charge in [0.2, 0.25) is 0 Å². The zero-order chi connectivity index (χ0) is 25.3. The Labute approximate surface area is 218 Å². The lowest BCUT2D eigenvalue weighted by molar-refractivity contribution is 0.102. The third-order valence-electron chi connectivity index (χ3n) is 5.60. The molecule has 2 aromatic carbocycles. The minimum absolute atomic E-state index is 0.158. The second-order valence-corrected chi connectivity index (χ2v) is 9.50. The number of hydrogen-bond donors (Lipinski definition) is 1. The van der Waals surface area contributed by atoms with E-state index in [0.717, 1.165) is 27.4 Å². The molecular weight excluding hydrogens is 509 g/mol. The molecule has 0 aliphatic heterocycles. The largest absolute Gasteiger partial charge is 0.471 e. The maximum absolute atomic E-state index is 12.9. The molecule has 2 heterocycles. The molecule has 0 saturated carbocycles. The third-order valence-corrected chi connectivity index (χ3v) is 6.79. The van der Waals surface area contributed by atoms with Crippen molar-refractivity contribution in [3.8, 4) is 5.75 Å². The summed E-state index contributed by atoms with van der Waals surface area (Å²) in [6.07, 6.45) is 1.69. The third kappa shape index (κ3) is 5.64. The van der Waals surface area contributed by atoms with Crippen LogP contribution in [-0.4, -0.2) is 25.5 Å². The van der Waals surface area contributed by atoms with Crippen LogP contribution in [0.5, 0.6) is 5.75 Å². The number of anilines is 1. The SMILES string of the molecule is Cc1cc(OCn2ccc(C(=O)Nc3c(C)nn(Cc4ccc(Cl)cc4Cl)c3C)n2)cc(C)c1Cl. The highest BCUT2D eigenvalue weighted by Crippen LogP contribution is 2.27. The predicted octanol–water partition coefficient (Wildman–Crippen LogP) is 6.61. The first-order valence-electron chi connectivity index (χ1n) is 10.8. The van der Waals surface area contributed by atoms with Crippen LogP contribution in [0.15, 0.2) is 42.6 Å². The maximum Gasteiger partial charge on any atom is 0.276 e. The van der Waals surface area contributed by atoms with Crippen molar-refractivity contribution in [3.05, 3.63) is 91.4 Å². The normalized spacial score (nSPS) is 11.1. The lowest BCUT2D eigenvalue weighted by Crippen LogP contribution is -2.15. The van der Waals surface area contributed by atoms with E-state index in [4.69, 9.17) is 39.5 Å². The van der Waals surface area contributed by atoms with Crippen molar-refractivity contribution in [1.29, 1.82) is 0 Å². The molecule has 1 N–H and O–H groups in total. The Morgan fingerprint density at radius 1 is 1.00 bits per heavy atom. The van der Waals surface area contributed by atoms with Gasteiger partial charge in [-0.3, -0.25) is 9.48 Å². The maximum atomic E-state index is 12.9. The Kier molecular flexibility index (Phi) is 7.40. The Hall–Kier alpha value is -3.00. The van der Waals surface area contributed by atoms with Gasteiger partial charge in [0.15, 0.2) is 12.4 Å². The molecule has 0 unspecified atom stereocenters. The summed E-state index contributed by atoms with van der Waals surface area (Å²) in [5.41, 5.74) is 5.15. The first-order valence-corrected chi connectivity index (χ1v) is 12.0. The fourth-order valence-electron chi connectivity index (χ4n) is 3.71. The van der Waals surface area contributed by atoms with Crippen LogP contribution < -0.4 is 10.1 Å². The smallest absolute Gasteiger partial charge is 0.276 e. The van der Waals surface area contributed by atoms with E-state index < -0.39 is 0 Å². The highest BCUT2D eigenvalue weighted by molar-refractivity contribution is 6.35. The zero-order valence-electron chi connectivity index (χ0n) is 19.7. The van der Waals surface area contributed by atoms with Crippen molar-refractivity contribution in [2.45, 2.75) is 41.0 Å². The van der Waals surface area contributed by atoms with Gasteiger partial charge in [0.1, 0.15) is 5.75 Å². The molecule has 0 saturated heterocycles. The van der Waals surface area contributed by atoms with Crippen LogP contribution in [0.1, 0.15) is 38.6 Å². The summed E-state index contributed by atoms with van der Waals surface area (Å²) in [6, 6.07) is 10.7. The van der Waals surface area contributed by atoms with Crippen LogP contribution in [0.2, 0.25) is 15.1 Å². The topological polar surface area (TPSA) is 74.0 Å². The fourth-order valence-corrected chi connectivity index (χ4v) is 4.28. The number of halogens is 3. The summed E-state index contributed by atoms with van der Waals surface area (Å²) in [6.45, 7) is 8.19. The van der Waals surface area contributed by atoms with E-state index in [1.807, 2.05) is 45.9 Å². The molecule has 4 rings (SSSR count). The van der Waals surface area contributed by atoms with Gasteiger partial charge in [-0.1, -0.05) is 40.9 Å². The van der Waals surface area contributed by atoms with Crippen molar-refractivity contribution in [2.24, 2.45) is 0 Å². The Morgan fingerprint density at radius 3 is 2.40 bits per heavy atom. The van der Waals surface area contributed by atoms with Gasteiger partial charge in [-0.25, -0.2) is 4.68 Å². The number of rotatable bonds is 7. The van der Waals surface area contributed by atoms with Gasteiger partial charge in [0.25, 0.3) is 5.91 Å². The number of aryl methyl sites for hydroxylation is 3. The van der Waals surface area contributed by atoms with Crippen LogP contribution in [0.4, 0.5) is 5.69 Å². The highest BCUT2D eigenvalue weighted by atomic mass is 35.5. The van der Waals surface area contributed by atoms with Crippen molar-refractivity contribution >= 4 is 46.4 Å². The number of ether oxygens (including phenoxy) is 1. The van der Waals surface area contributed by atoms with E-state index in [9.17, 15) is 4.79 Å². The summed E-state index contributed by atoms with van der Waals surface area (Å²) < 4.78 is 9.16. The molecule has 7 nitrogen and oxygen atoms in total. The first kappa shape index (κ1) is 25.1. The Bertz CT molecular complexity index is 1390. The highest BCUT2D eigenvalue weighted by Gasteiger charge is 2.18. The van der Waals surface area contributed by atoms with Gasteiger partial charge in [-0.15, -0.1) is 0 Å². The summed E-state index contributed by atoms with van der Waals surface area (Å²) in [7, 11) is 0. The summed E-state index contributed by atoms with van der Waals surface area (Å²) in [5, 5.41) is 13.7. The van der Waals surface area contributed by atoms with E-state index in [1.54, 1.807) is 33.8 Å². The standard InChI is InChI=1S/C25H24Cl3N5O2/c1-14-9-20(10-15(2)23(14)28)35-13-32-8-7-22(31-32)25(34)29-24-16(3)30-33(17(24)4)12-18-5-6-19(26)11-21(18)27/h5-11H,12-13H2,1-4H3,(H,29,34). The molecule has 1 amide bonds. The van der Waals surface area contributed by atoms with Crippen LogP contribution in [0, 0.1) is 27.7 Å². The molecule has 0 atom stereocenters. The number of hydrogen-bond acceptors (Lipinski definition) is 4. The number of nitrogens with one attached hydrogen (secondary N) is 1. The number of carbonyl (C=O) groups is 1. The van der Waals surface area contributed by atoms with Gasteiger partial charge in [0.05, 0.1) is 23.6 Å². The number of benzene rings is 2. The van der Waals surface area contributed by atoms with E-state index in [-0.39, 0.29) is 18.3 Å². The van der Waals surface area contributed by atoms with Crippen molar-refractivity contribution in [3.63, 3.8) is 0 Å². The molecular formula is C25H24Cl3N5O2. The van der Waals surface area contributed by atoms with Crippen molar-refractivity contribution < 1.29 is 9.53 Å². The minimum atomic E-state index is -0.336. The summed E-state index contributed by atoms with van der Waals surface area (Å²) in [4.78, 5) is 12.9. The lowest BCUT2D eigenvalue weighted by Gasteiger charge is -2.10. The summed E-state index contributed by atoms with van der Waals surface area (Å²) >= 11 is 18.5. The quantitative estimate of drug-likeness (QED) is 0.291. The Balaban J connectivity index is 1.43. The molecule has 182 valence electrons. The van der Waals surface area contributed by atoms with E-state index in [2.05, 4.69) is 15.5 Å². The first-order chi connectivity index (χ1) is 16.6. The van der Waals surface area contributed by atoms with Gasteiger partial charge in [0, 0.05) is 21.3 Å². The van der Waals surface area contributed by atoms with Crippen LogP contribution in [0.25, 0.3) is 0 Å². The molecule has 0 fully saturated rings. The van der Waals surface area contributed by atoms with Crippen LogP contribution in [-0.2, 0) is 13.3 Å². The van der Waals surface area contributed by atoms with E-state index in [1.165, 1.54) is 0 Å². The average Bonchev–Trinajstić information content (AvgIpc) is 3.38. The van der Waals surface area contributed by atoms with Gasteiger partial charge >= 0.3 is 0 Å². The molecule has 10 heteroatoms. The number of aromatic nitrogens is 4. The van der Waals surface area contributed by atoms with Gasteiger partial charge in [-0.2, -0.15) is 10.2 Å². The fraction of sp³-hybridized carbons (Fsp3) is 0.240. The van der Waals surface area contributed by atoms with Crippen molar-refractivity contribution in [1.82, 2.24) is 19.6 Å². The van der Waals surface area contributed by atoms with Crippen LogP contribution in [0.3, 0.4) is 0 Å². The minimum Gasteiger partial charge on any atom is -0.471 e. The van der Waals surface area contributed by atoms with E-state index >= 15 is 0 Å². The number of carbonyl (C=O) groups excluding carboxylic acids is 1. The van der Waals surface area contributed by atoms with Crippen LogP contribution >= 0.6 is 34.8 Å².